The Labute approximate surface area is 124 Å². The van der Waals surface area contributed by atoms with Crippen LogP contribution in [-0.2, 0) is 14.3 Å². The first kappa shape index (κ1) is 14.8. The van der Waals surface area contributed by atoms with E-state index in [2.05, 4.69) is 5.32 Å². The molecule has 0 radical (unpaired) electrons. The number of rotatable bonds is 3. The van der Waals surface area contributed by atoms with Crippen molar-refractivity contribution >= 4 is 11.9 Å². The number of carbonyl (C=O) groups is 2. The second-order valence-electron chi connectivity index (χ2n) is 7.33. The largest absolute Gasteiger partial charge is 0.480 e. The molecule has 1 aliphatic heterocycles. The molecule has 3 rings (SSSR count). The van der Waals surface area contributed by atoms with Crippen molar-refractivity contribution in [1.29, 1.82) is 0 Å². The Kier molecular flexibility index (Phi) is 3.12. The van der Waals surface area contributed by atoms with Crippen LogP contribution in [0.2, 0.25) is 0 Å². The molecular formula is C15H24N2O4. The number of carboxylic acid groups (broad SMARTS) is 1. The van der Waals surface area contributed by atoms with E-state index in [1.165, 1.54) is 0 Å². The Bertz CT molecular complexity index is 486. The lowest BCUT2D eigenvalue weighted by Gasteiger charge is -2.65. The fourth-order valence-electron chi connectivity index (χ4n) is 4.28. The topological polar surface area (TPSA) is 102 Å². The maximum atomic E-state index is 12.8. The molecular weight excluding hydrogens is 272 g/mol. The number of aliphatic carboxylic acids is 1. The van der Waals surface area contributed by atoms with Gasteiger partial charge in [0.2, 0.25) is 5.91 Å². The van der Waals surface area contributed by atoms with E-state index in [4.69, 9.17) is 10.5 Å². The van der Waals surface area contributed by atoms with Gasteiger partial charge < -0.3 is 20.9 Å². The molecule has 6 nitrogen and oxygen atoms in total. The maximum absolute atomic E-state index is 12.8. The van der Waals surface area contributed by atoms with E-state index in [1.54, 1.807) is 0 Å². The predicted octanol–water partition coefficient (Wildman–Crippen LogP) is 0.642. The highest BCUT2D eigenvalue weighted by molar-refractivity contribution is 5.94. The zero-order chi connectivity index (χ0) is 15.5. The molecule has 1 saturated heterocycles. The Balaban J connectivity index is 1.81. The van der Waals surface area contributed by atoms with Gasteiger partial charge >= 0.3 is 5.97 Å². The molecule has 1 amide bonds. The number of nitrogens with two attached hydrogens (primary N) is 1. The zero-order valence-corrected chi connectivity index (χ0v) is 12.6. The summed E-state index contributed by atoms with van der Waals surface area (Å²) in [5.41, 5.74) is 3.84. The Morgan fingerprint density at radius 3 is 2.48 bits per heavy atom. The second kappa shape index (κ2) is 4.43. The quantitative estimate of drug-likeness (QED) is 0.709. The van der Waals surface area contributed by atoms with E-state index < -0.39 is 22.5 Å². The van der Waals surface area contributed by atoms with E-state index in [0.29, 0.717) is 19.4 Å². The fraction of sp³-hybridized carbons (Fsp3) is 0.867. The van der Waals surface area contributed by atoms with Gasteiger partial charge in [0.1, 0.15) is 11.1 Å². The number of hydrogen-bond donors (Lipinski definition) is 3. The standard InChI is InChI=1S/C15H24N2O4/c1-13(2)10-9(5-3-8-21-10)15(13,16)11(18)17-14(12(19)20)6-4-7-14/h9-10H,3-8,16H2,1-2H3,(H,17,18)(H,19,20). The first-order chi connectivity index (χ1) is 9.76. The summed E-state index contributed by atoms with van der Waals surface area (Å²) in [5.74, 6) is -1.31. The van der Waals surface area contributed by atoms with Gasteiger partial charge in [-0.15, -0.1) is 0 Å². The van der Waals surface area contributed by atoms with Gasteiger partial charge in [-0.25, -0.2) is 4.79 Å². The van der Waals surface area contributed by atoms with Crippen molar-refractivity contribution in [1.82, 2.24) is 5.32 Å². The second-order valence-corrected chi connectivity index (χ2v) is 7.33. The summed E-state index contributed by atoms with van der Waals surface area (Å²) < 4.78 is 5.78. The lowest BCUT2D eigenvalue weighted by atomic mass is 9.46. The minimum atomic E-state index is -1.11. The lowest BCUT2D eigenvalue weighted by molar-refractivity contribution is -0.226. The third-order valence-electron chi connectivity index (χ3n) is 6.03. The molecule has 3 aliphatic rings. The fourth-order valence-corrected chi connectivity index (χ4v) is 4.28. The Morgan fingerprint density at radius 1 is 1.29 bits per heavy atom. The molecule has 0 aromatic carbocycles. The number of ether oxygens (including phenoxy) is 1. The molecule has 6 heteroatoms. The summed E-state index contributed by atoms with van der Waals surface area (Å²) in [5, 5.41) is 12.1. The summed E-state index contributed by atoms with van der Waals surface area (Å²) in [6.45, 7) is 4.59. The number of nitrogens with one attached hydrogen (secondary N) is 1. The van der Waals surface area contributed by atoms with E-state index in [9.17, 15) is 14.7 Å². The van der Waals surface area contributed by atoms with Crippen molar-refractivity contribution in [2.24, 2.45) is 17.1 Å². The minimum Gasteiger partial charge on any atom is -0.480 e. The van der Waals surface area contributed by atoms with Gasteiger partial charge in [-0.1, -0.05) is 13.8 Å². The normalized spacial score (nSPS) is 39.4. The highest BCUT2D eigenvalue weighted by Crippen LogP contribution is 2.57. The van der Waals surface area contributed by atoms with Crippen molar-refractivity contribution in [3.8, 4) is 0 Å². The van der Waals surface area contributed by atoms with Gasteiger partial charge in [0.15, 0.2) is 0 Å². The maximum Gasteiger partial charge on any atom is 0.329 e. The predicted molar refractivity (Wildman–Crippen MR) is 75.5 cm³/mol. The van der Waals surface area contributed by atoms with Gasteiger partial charge in [-0.2, -0.15) is 0 Å². The van der Waals surface area contributed by atoms with Gasteiger partial charge in [-0.05, 0) is 32.1 Å². The molecule has 2 saturated carbocycles. The first-order valence-corrected chi connectivity index (χ1v) is 7.72. The van der Waals surface area contributed by atoms with Crippen molar-refractivity contribution in [3.05, 3.63) is 0 Å². The number of hydrogen-bond acceptors (Lipinski definition) is 4. The highest BCUT2D eigenvalue weighted by atomic mass is 16.5. The molecule has 3 atom stereocenters. The molecule has 3 fully saturated rings. The van der Waals surface area contributed by atoms with Crippen LogP contribution in [-0.4, -0.2) is 40.8 Å². The van der Waals surface area contributed by atoms with Crippen LogP contribution in [0, 0.1) is 11.3 Å². The molecule has 2 aliphatic carbocycles. The third-order valence-corrected chi connectivity index (χ3v) is 6.03. The first-order valence-electron chi connectivity index (χ1n) is 7.72. The van der Waals surface area contributed by atoms with E-state index in [1.807, 2.05) is 13.8 Å². The van der Waals surface area contributed by atoms with Crippen molar-refractivity contribution in [2.45, 2.75) is 63.1 Å². The molecule has 0 aromatic heterocycles. The summed E-state index contributed by atoms with van der Waals surface area (Å²) in [4.78, 5) is 24.2. The SMILES string of the molecule is CC1(C)C2OCCCC2C1(N)C(=O)NC1(C(=O)O)CCC1. The summed E-state index contributed by atoms with van der Waals surface area (Å²) in [7, 11) is 0. The van der Waals surface area contributed by atoms with Gasteiger partial charge in [-0.3, -0.25) is 4.79 Å². The van der Waals surface area contributed by atoms with Crippen LogP contribution < -0.4 is 11.1 Å². The summed E-state index contributed by atoms with van der Waals surface area (Å²) in [6, 6.07) is 0. The van der Waals surface area contributed by atoms with Crippen LogP contribution in [0.25, 0.3) is 0 Å². The zero-order valence-electron chi connectivity index (χ0n) is 12.6. The lowest BCUT2D eigenvalue weighted by Crippen LogP contribution is -2.83. The van der Waals surface area contributed by atoms with Crippen LogP contribution in [0.3, 0.4) is 0 Å². The van der Waals surface area contributed by atoms with Crippen molar-refractivity contribution in [3.63, 3.8) is 0 Å². The van der Waals surface area contributed by atoms with Crippen LogP contribution >= 0.6 is 0 Å². The average molecular weight is 296 g/mol. The molecule has 21 heavy (non-hydrogen) atoms. The minimum absolute atomic E-state index is 0.0100. The van der Waals surface area contributed by atoms with Gasteiger partial charge in [0.05, 0.1) is 6.10 Å². The Morgan fingerprint density at radius 2 is 1.95 bits per heavy atom. The van der Waals surface area contributed by atoms with Crippen LogP contribution in [0.5, 0.6) is 0 Å². The summed E-state index contributed by atoms with van der Waals surface area (Å²) in [6.07, 6.45) is 3.53. The number of carbonyl (C=O) groups excluding carboxylic acids is 1. The molecule has 118 valence electrons. The molecule has 1 heterocycles. The number of fused-ring (bicyclic) bond motifs is 1. The average Bonchev–Trinajstić information content (AvgIpc) is 2.41. The highest BCUT2D eigenvalue weighted by Gasteiger charge is 2.71. The van der Waals surface area contributed by atoms with Crippen molar-refractivity contribution in [2.75, 3.05) is 6.61 Å². The van der Waals surface area contributed by atoms with E-state index >= 15 is 0 Å². The third kappa shape index (κ3) is 1.72. The molecule has 4 N–H and O–H groups in total. The van der Waals surface area contributed by atoms with Crippen LogP contribution in [0.15, 0.2) is 0 Å². The number of amides is 1. The monoisotopic (exact) mass is 296 g/mol. The molecule has 0 bridgehead atoms. The Hall–Kier alpha value is -1.14. The smallest absolute Gasteiger partial charge is 0.329 e. The van der Waals surface area contributed by atoms with Gasteiger partial charge in [0.25, 0.3) is 0 Å². The molecule has 3 unspecified atom stereocenters. The number of carboxylic acids is 1. The van der Waals surface area contributed by atoms with Crippen molar-refractivity contribution < 1.29 is 19.4 Å². The van der Waals surface area contributed by atoms with E-state index in [0.717, 1.165) is 19.3 Å². The van der Waals surface area contributed by atoms with Gasteiger partial charge in [0, 0.05) is 17.9 Å². The molecule has 0 aromatic rings. The van der Waals surface area contributed by atoms with Crippen LogP contribution in [0.1, 0.15) is 46.0 Å². The summed E-state index contributed by atoms with van der Waals surface area (Å²) >= 11 is 0. The molecule has 0 spiro atoms. The van der Waals surface area contributed by atoms with Crippen LogP contribution in [0.4, 0.5) is 0 Å². The van der Waals surface area contributed by atoms with E-state index in [-0.39, 0.29) is 17.9 Å².